The van der Waals surface area contributed by atoms with Gasteiger partial charge < -0.3 is 10.1 Å². The van der Waals surface area contributed by atoms with E-state index in [4.69, 9.17) is 17.0 Å². The Kier molecular flexibility index (Phi) is 5.49. The second-order valence-corrected chi connectivity index (χ2v) is 8.59. The zero-order valence-electron chi connectivity index (χ0n) is 16.3. The molecule has 158 valence electrons. The molecule has 1 aliphatic heterocycles. The van der Waals surface area contributed by atoms with Crippen molar-refractivity contribution in [3.05, 3.63) is 64.1 Å². The molecule has 4 rings (SSSR count). The summed E-state index contributed by atoms with van der Waals surface area (Å²) < 4.78 is 45.0. The van der Waals surface area contributed by atoms with Crippen LogP contribution >= 0.6 is 24.0 Å². The van der Waals surface area contributed by atoms with Crippen LogP contribution in [0.1, 0.15) is 16.7 Å². The number of pyridine rings is 1. The molecular formula is C22H15F3N2O2S2. The molecule has 9 heteroatoms. The fraction of sp³-hybridized carbons (Fsp3) is 0.136. The van der Waals surface area contributed by atoms with E-state index in [1.54, 1.807) is 31.2 Å². The first-order valence-electron chi connectivity index (χ1n) is 9.07. The van der Waals surface area contributed by atoms with Crippen molar-refractivity contribution in [1.82, 2.24) is 10.3 Å². The second kappa shape index (κ2) is 7.97. The molecular weight excluding hydrogens is 445 g/mol. The summed E-state index contributed by atoms with van der Waals surface area (Å²) >= 11 is 6.20. The molecule has 1 aliphatic rings. The first-order valence-corrected chi connectivity index (χ1v) is 10.3. The molecule has 0 spiro atoms. The predicted molar refractivity (Wildman–Crippen MR) is 120 cm³/mol. The third-order valence-corrected chi connectivity index (χ3v) is 5.91. The summed E-state index contributed by atoms with van der Waals surface area (Å²) in [5, 5.41) is 2.97. The lowest BCUT2D eigenvalue weighted by Gasteiger charge is -2.14. The van der Waals surface area contributed by atoms with Gasteiger partial charge in [0.05, 0.1) is 28.8 Å². The minimum atomic E-state index is -4.42. The lowest BCUT2D eigenvalue weighted by molar-refractivity contribution is -0.137. The maximum absolute atomic E-state index is 13.0. The molecule has 4 nitrogen and oxygen atoms in total. The van der Waals surface area contributed by atoms with Gasteiger partial charge >= 0.3 is 6.18 Å². The summed E-state index contributed by atoms with van der Waals surface area (Å²) in [4.78, 5) is 17.0. The van der Waals surface area contributed by atoms with Gasteiger partial charge in [-0.2, -0.15) is 13.2 Å². The average Bonchev–Trinajstić information content (AvgIpc) is 3.03. The van der Waals surface area contributed by atoms with Gasteiger partial charge in [-0.3, -0.25) is 4.79 Å². The molecule has 0 atom stereocenters. The number of nitrogens with zero attached hydrogens (tertiary/aromatic N) is 1. The number of halogens is 3. The van der Waals surface area contributed by atoms with E-state index in [1.165, 1.54) is 24.9 Å². The summed E-state index contributed by atoms with van der Waals surface area (Å²) in [5.41, 5.74) is 2.42. The van der Waals surface area contributed by atoms with Gasteiger partial charge in [-0.05, 0) is 60.5 Å². The van der Waals surface area contributed by atoms with Gasteiger partial charge in [-0.1, -0.05) is 30.0 Å². The Hall–Kier alpha value is -2.91. The number of thioether (sulfide) groups is 1. The van der Waals surface area contributed by atoms with Crippen LogP contribution in [0.2, 0.25) is 0 Å². The van der Waals surface area contributed by atoms with E-state index in [9.17, 15) is 18.0 Å². The van der Waals surface area contributed by atoms with E-state index >= 15 is 0 Å². The number of aryl methyl sites for hydroxylation is 1. The molecule has 1 aromatic heterocycles. The summed E-state index contributed by atoms with van der Waals surface area (Å²) in [5.74, 6) is 0.302. The molecule has 0 bridgehead atoms. The van der Waals surface area contributed by atoms with E-state index in [2.05, 4.69) is 10.3 Å². The lowest BCUT2D eigenvalue weighted by Crippen LogP contribution is -2.17. The van der Waals surface area contributed by atoms with Gasteiger partial charge in [0.25, 0.3) is 5.91 Å². The molecule has 1 fully saturated rings. The molecule has 31 heavy (non-hydrogen) atoms. The van der Waals surface area contributed by atoms with Crippen molar-refractivity contribution in [1.29, 1.82) is 0 Å². The number of thiocarbonyl (C=S) groups is 1. The summed E-state index contributed by atoms with van der Waals surface area (Å²) in [7, 11) is 1.53. The van der Waals surface area contributed by atoms with Crippen LogP contribution in [0.5, 0.6) is 5.75 Å². The summed E-state index contributed by atoms with van der Waals surface area (Å²) in [6, 6.07) is 10.5. The topological polar surface area (TPSA) is 51.2 Å². The molecule has 1 saturated heterocycles. The van der Waals surface area contributed by atoms with Gasteiger partial charge in [0.15, 0.2) is 0 Å². The highest BCUT2D eigenvalue weighted by atomic mass is 32.2. The number of hydrogen-bond acceptors (Lipinski definition) is 5. The highest BCUT2D eigenvalue weighted by Crippen LogP contribution is 2.36. The van der Waals surface area contributed by atoms with Crippen molar-refractivity contribution >= 4 is 51.2 Å². The quantitative estimate of drug-likeness (QED) is 0.400. The average molecular weight is 461 g/mol. The number of benzene rings is 2. The number of ether oxygens (including phenoxy) is 1. The van der Waals surface area contributed by atoms with Crippen molar-refractivity contribution in [2.45, 2.75) is 13.1 Å². The first-order chi connectivity index (χ1) is 14.7. The van der Waals surface area contributed by atoms with Crippen LogP contribution in [0, 0.1) is 6.92 Å². The zero-order valence-corrected chi connectivity index (χ0v) is 18.0. The van der Waals surface area contributed by atoms with Gasteiger partial charge in [-0.15, -0.1) is 0 Å². The molecule has 1 N–H and O–H groups in total. The molecule has 2 aromatic carbocycles. The van der Waals surface area contributed by atoms with E-state index in [1.807, 2.05) is 6.07 Å². The van der Waals surface area contributed by atoms with Crippen molar-refractivity contribution < 1.29 is 22.7 Å². The number of nitrogens with one attached hydrogen (secondary N) is 1. The number of methoxy groups -OCH3 is 1. The Balaban J connectivity index is 1.82. The maximum Gasteiger partial charge on any atom is 0.416 e. The van der Waals surface area contributed by atoms with Gasteiger partial charge in [0.2, 0.25) is 0 Å². The number of alkyl halides is 3. The second-order valence-electron chi connectivity index (χ2n) is 6.87. The minimum absolute atomic E-state index is 0.257. The molecule has 1 amide bonds. The number of fused-ring (bicyclic) bond motifs is 1. The van der Waals surface area contributed by atoms with E-state index in [0.717, 1.165) is 17.7 Å². The lowest BCUT2D eigenvalue weighted by atomic mass is 10.00. The Labute approximate surface area is 185 Å². The van der Waals surface area contributed by atoms with Gasteiger partial charge in [-0.25, -0.2) is 4.98 Å². The third-order valence-electron chi connectivity index (χ3n) is 4.75. The highest BCUT2D eigenvalue weighted by Gasteiger charge is 2.30. The van der Waals surface area contributed by atoms with E-state index in [-0.39, 0.29) is 5.91 Å². The normalized spacial score (nSPS) is 15.6. The van der Waals surface area contributed by atoms with E-state index < -0.39 is 11.7 Å². The molecule has 0 saturated carbocycles. The van der Waals surface area contributed by atoms with E-state index in [0.29, 0.717) is 42.7 Å². The van der Waals surface area contributed by atoms with Crippen LogP contribution in [-0.2, 0) is 11.0 Å². The number of rotatable bonds is 3. The molecule has 2 heterocycles. The maximum atomic E-state index is 13.0. The van der Waals surface area contributed by atoms with Crippen LogP contribution in [-0.4, -0.2) is 22.3 Å². The van der Waals surface area contributed by atoms with Gasteiger partial charge in [0.1, 0.15) is 10.1 Å². The predicted octanol–water partition coefficient (Wildman–Crippen LogP) is 5.73. The molecule has 0 unspecified atom stereocenters. The van der Waals surface area contributed by atoms with Gasteiger partial charge in [0, 0.05) is 10.9 Å². The first kappa shape index (κ1) is 21.3. The van der Waals surface area contributed by atoms with Crippen molar-refractivity contribution in [2.24, 2.45) is 0 Å². The number of carbonyl (C=O) groups is 1. The Morgan fingerprint density at radius 2 is 1.94 bits per heavy atom. The monoisotopic (exact) mass is 460 g/mol. The number of aromatic nitrogens is 1. The fourth-order valence-electron chi connectivity index (χ4n) is 3.30. The standard InChI is InChI=1S/C22H15F3N2O2S2/c1-11-7-13-10-14(22(23,24)25)4-5-16(13)26-19(11)15-8-12(3-6-17(15)29-2)9-18-20(28)27-21(30)31-18/h3-10H,1-2H3,(H,27,28,30)/b18-9-. The number of carbonyl (C=O) groups excluding carboxylic acids is 1. The SMILES string of the molecule is COc1ccc(/C=C2\SC(=S)NC2=O)cc1-c1nc2ccc(C(F)(F)F)cc2cc1C. The summed E-state index contributed by atoms with van der Waals surface area (Å²) in [6.07, 6.45) is -2.70. The largest absolute Gasteiger partial charge is 0.496 e. The smallest absolute Gasteiger partial charge is 0.416 e. The van der Waals surface area contributed by atoms with Crippen LogP contribution in [0.3, 0.4) is 0 Å². The van der Waals surface area contributed by atoms with Crippen LogP contribution in [0.25, 0.3) is 28.2 Å². The molecule has 3 aromatic rings. The zero-order chi connectivity index (χ0) is 22.3. The number of amides is 1. The van der Waals surface area contributed by atoms with Crippen LogP contribution in [0.15, 0.2) is 47.4 Å². The Morgan fingerprint density at radius 1 is 1.16 bits per heavy atom. The summed E-state index contributed by atoms with van der Waals surface area (Å²) in [6.45, 7) is 1.78. The number of hydrogen-bond donors (Lipinski definition) is 1. The van der Waals surface area contributed by atoms with Crippen molar-refractivity contribution in [3.8, 4) is 17.0 Å². The minimum Gasteiger partial charge on any atom is -0.496 e. The Morgan fingerprint density at radius 3 is 2.58 bits per heavy atom. The molecule has 0 aliphatic carbocycles. The highest BCUT2D eigenvalue weighted by molar-refractivity contribution is 8.26. The molecule has 0 radical (unpaired) electrons. The third kappa shape index (κ3) is 4.28. The van der Waals surface area contributed by atoms with Crippen LogP contribution < -0.4 is 10.1 Å². The Bertz CT molecular complexity index is 1270. The van der Waals surface area contributed by atoms with Crippen LogP contribution in [0.4, 0.5) is 13.2 Å². The fourth-order valence-corrected chi connectivity index (χ4v) is 4.35. The van der Waals surface area contributed by atoms with Crippen molar-refractivity contribution in [3.63, 3.8) is 0 Å². The van der Waals surface area contributed by atoms with Crippen molar-refractivity contribution in [2.75, 3.05) is 7.11 Å².